The summed E-state index contributed by atoms with van der Waals surface area (Å²) in [6, 6.07) is 3.93. The zero-order chi connectivity index (χ0) is 22.6. The maximum Gasteiger partial charge on any atom is 0.258 e. The number of fused-ring (bicyclic) bond motifs is 3. The normalized spacial score (nSPS) is 20.6. The highest BCUT2D eigenvalue weighted by Gasteiger charge is 2.32. The topological polar surface area (TPSA) is 59.7 Å². The fourth-order valence-corrected chi connectivity index (χ4v) is 4.64. The van der Waals surface area contributed by atoms with Crippen LogP contribution < -0.4 is 4.74 Å². The van der Waals surface area contributed by atoms with Gasteiger partial charge in [-0.3, -0.25) is 4.79 Å². The number of halogens is 3. The van der Waals surface area contributed by atoms with E-state index in [2.05, 4.69) is 10.1 Å². The average Bonchev–Trinajstić information content (AvgIpc) is 3.33. The van der Waals surface area contributed by atoms with Crippen LogP contribution in [0.5, 0.6) is 5.75 Å². The molecule has 0 radical (unpaired) electrons. The molecule has 2 aromatic heterocycles. The Bertz CT molecular complexity index is 1220. The van der Waals surface area contributed by atoms with Crippen LogP contribution in [-0.4, -0.2) is 37.7 Å². The van der Waals surface area contributed by atoms with E-state index in [9.17, 15) is 13.6 Å². The summed E-state index contributed by atoms with van der Waals surface area (Å²) in [7, 11) is 0. The molecule has 0 N–H and O–H groups in total. The van der Waals surface area contributed by atoms with Crippen molar-refractivity contribution in [3.8, 4) is 5.75 Å². The highest BCUT2D eigenvalue weighted by molar-refractivity contribution is 6.31. The van der Waals surface area contributed by atoms with Gasteiger partial charge in [-0.2, -0.15) is 5.10 Å². The lowest BCUT2D eigenvalue weighted by molar-refractivity contribution is 0.0732. The Balaban J connectivity index is 1.41. The Hall–Kier alpha value is -2.74. The molecular formula is C23H23ClF2N4O2. The van der Waals surface area contributed by atoms with E-state index in [1.165, 1.54) is 18.2 Å². The number of aromatic nitrogens is 3. The number of hydrogen-bond acceptors (Lipinski definition) is 4. The van der Waals surface area contributed by atoms with Crippen LogP contribution in [-0.2, 0) is 13.1 Å². The lowest BCUT2D eigenvalue weighted by Gasteiger charge is -2.26. The average molecular weight is 461 g/mol. The number of rotatable bonds is 3. The summed E-state index contributed by atoms with van der Waals surface area (Å²) in [5, 5.41) is 5.18. The lowest BCUT2D eigenvalue weighted by Crippen LogP contribution is -2.29. The van der Waals surface area contributed by atoms with Gasteiger partial charge in [0.1, 0.15) is 17.7 Å². The zero-order valence-electron chi connectivity index (χ0n) is 17.9. The van der Waals surface area contributed by atoms with Gasteiger partial charge in [-0.15, -0.1) is 0 Å². The third-order valence-corrected chi connectivity index (χ3v) is 6.86. The Morgan fingerprint density at radius 2 is 1.94 bits per heavy atom. The standard InChI is InChI=1S/C23H23ClF2N4O2/c1-12-21(24)13(2)30-22(27-12)18-10-29(11-19(18)28-30)23(31)17-8-5-15(26)9-20(17)32-16-6-3-14(25)4-7-16/h5,8-9,14,16H,3-4,6-7,10-11H2,1-2H3/t14-,16-. The molecule has 6 nitrogen and oxygen atoms in total. The lowest BCUT2D eigenvalue weighted by atomic mass is 9.96. The van der Waals surface area contributed by atoms with Gasteiger partial charge in [0.25, 0.3) is 5.91 Å². The fourth-order valence-electron chi connectivity index (χ4n) is 4.52. The van der Waals surface area contributed by atoms with Crippen LogP contribution >= 0.6 is 11.6 Å². The number of amides is 1. The third kappa shape index (κ3) is 3.60. The first-order chi connectivity index (χ1) is 15.3. The van der Waals surface area contributed by atoms with E-state index in [1.807, 2.05) is 13.8 Å². The Morgan fingerprint density at radius 3 is 2.69 bits per heavy atom. The van der Waals surface area contributed by atoms with Crippen molar-refractivity contribution in [3.63, 3.8) is 0 Å². The van der Waals surface area contributed by atoms with Crippen molar-refractivity contribution < 1.29 is 18.3 Å². The molecule has 32 heavy (non-hydrogen) atoms. The summed E-state index contributed by atoms with van der Waals surface area (Å²) in [5.74, 6) is -0.546. The van der Waals surface area contributed by atoms with Gasteiger partial charge < -0.3 is 9.64 Å². The van der Waals surface area contributed by atoms with E-state index < -0.39 is 12.0 Å². The predicted molar refractivity (Wildman–Crippen MR) is 115 cm³/mol. The van der Waals surface area contributed by atoms with E-state index in [4.69, 9.17) is 16.3 Å². The van der Waals surface area contributed by atoms with Gasteiger partial charge >= 0.3 is 0 Å². The minimum Gasteiger partial charge on any atom is -0.489 e. The quantitative estimate of drug-likeness (QED) is 0.554. The van der Waals surface area contributed by atoms with Crippen LogP contribution in [0.1, 0.15) is 58.7 Å². The molecule has 1 saturated carbocycles. The number of carbonyl (C=O) groups excluding carboxylic acids is 1. The second-order valence-corrected chi connectivity index (χ2v) is 8.93. The van der Waals surface area contributed by atoms with Crippen molar-refractivity contribution in [2.24, 2.45) is 0 Å². The number of alkyl halides is 1. The number of carbonyl (C=O) groups is 1. The van der Waals surface area contributed by atoms with Crippen LogP contribution in [0.15, 0.2) is 18.2 Å². The molecule has 5 rings (SSSR count). The summed E-state index contributed by atoms with van der Waals surface area (Å²) in [4.78, 5) is 19.6. The van der Waals surface area contributed by atoms with E-state index in [0.29, 0.717) is 60.7 Å². The third-order valence-electron chi connectivity index (χ3n) is 6.31. The van der Waals surface area contributed by atoms with E-state index in [1.54, 1.807) is 9.42 Å². The van der Waals surface area contributed by atoms with Gasteiger partial charge in [-0.05, 0) is 51.7 Å². The van der Waals surface area contributed by atoms with E-state index in [0.717, 1.165) is 17.0 Å². The largest absolute Gasteiger partial charge is 0.489 e. The van der Waals surface area contributed by atoms with Crippen molar-refractivity contribution in [1.82, 2.24) is 19.5 Å². The molecule has 2 aliphatic rings. The van der Waals surface area contributed by atoms with Crippen LogP contribution in [0.25, 0.3) is 5.65 Å². The van der Waals surface area contributed by atoms with E-state index >= 15 is 0 Å². The molecule has 1 aliphatic heterocycles. The Morgan fingerprint density at radius 1 is 1.19 bits per heavy atom. The minimum atomic E-state index is -0.818. The molecule has 9 heteroatoms. The number of hydrogen-bond donors (Lipinski definition) is 0. The van der Waals surface area contributed by atoms with Crippen LogP contribution in [0.4, 0.5) is 8.78 Å². The highest BCUT2D eigenvalue weighted by Crippen LogP contribution is 2.33. The molecule has 1 aliphatic carbocycles. The SMILES string of the molecule is Cc1nc2c3c(nn2c(C)c1Cl)CN(C(=O)c1ccc(F)cc1O[C@H]1CC[C@H](F)CC1)C3. The first kappa shape index (κ1) is 21.1. The summed E-state index contributed by atoms with van der Waals surface area (Å²) in [6.45, 7) is 4.38. The van der Waals surface area contributed by atoms with Crippen molar-refractivity contribution in [2.45, 2.75) is 64.9 Å². The molecule has 0 bridgehead atoms. The second-order valence-electron chi connectivity index (χ2n) is 8.55. The second kappa shape index (κ2) is 7.99. The van der Waals surface area contributed by atoms with Crippen molar-refractivity contribution in [1.29, 1.82) is 0 Å². The summed E-state index contributed by atoms with van der Waals surface area (Å²) in [6.07, 6.45) is 0.882. The number of benzene rings is 1. The molecule has 0 saturated heterocycles. The Kier molecular flexibility index (Phi) is 5.28. The number of nitrogens with zero attached hydrogens (tertiary/aromatic N) is 4. The minimum absolute atomic E-state index is 0.202. The molecule has 0 spiro atoms. The van der Waals surface area contributed by atoms with Gasteiger partial charge in [0, 0.05) is 11.6 Å². The van der Waals surface area contributed by atoms with Crippen molar-refractivity contribution in [2.75, 3.05) is 0 Å². The molecular weight excluding hydrogens is 438 g/mol. The molecule has 0 unspecified atom stereocenters. The number of ether oxygens (including phenoxy) is 1. The van der Waals surface area contributed by atoms with Crippen molar-refractivity contribution in [3.05, 3.63) is 57.2 Å². The van der Waals surface area contributed by atoms with Crippen LogP contribution in [0.2, 0.25) is 5.02 Å². The van der Waals surface area contributed by atoms with Gasteiger partial charge in [-0.1, -0.05) is 11.6 Å². The zero-order valence-corrected chi connectivity index (χ0v) is 18.6. The molecule has 1 amide bonds. The fraction of sp³-hybridized carbons (Fsp3) is 0.435. The molecule has 1 fully saturated rings. The van der Waals surface area contributed by atoms with Crippen LogP contribution in [0, 0.1) is 19.7 Å². The Labute approximate surface area is 189 Å². The molecule has 1 aromatic carbocycles. The highest BCUT2D eigenvalue weighted by atomic mass is 35.5. The molecule has 3 heterocycles. The monoisotopic (exact) mass is 460 g/mol. The predicted octanol–water partition coefficient (Wildman–Crippen LogP) is 4.95. The van der Waals surface area contributed by atoms with Crippen molar-refractivity contribution >= 4 is 23.2 Å². The molecule has 3 aromatic rings. The summed E-state index contributed by atoms with van der Waals surface area (Å²) in [5.41, 5.74) is 4.14. The maximum atomic E-state index is 14.0. The van der Waals surface area contributed by atoms with E-state index in [-0.39, 0.29) is 17.8 Å². The van der Waals surface area contributed by atoms with Gasteiger partial charge in [0.15, 0.2) is 5.65 Å². The molecule has 0 atom stereocenters. The van der Waals surface area contributed by atoms with Gasteiger partial charge in [0.2, 0.25) is 0 Å². The number of aryl methyl sites for hydroxylation is 2. The first-order valence-electron chi connectivity index (χ1n) is 10.7. The summed E-state index contributed by atoms with van der Waals surface area (Å²) >= 11 is 6.30. The smallest absolute Gasteiger partial charge is 0.258 e. The maximum absolute atomic E-state index is 14.0. The van der Waals surface area contributed by atoms with Crippen LogP contribution in [0.3, 0.4) is 0 Å². The van der Waals surface area contributed by atoms with Gasteiger partial charge in [0.05, 0.1) is 46.9 Å². The first-order valence-corrected chi connectivity index (χ1v) is 11.1. The van der Waals surface area contributed by atoms with Gasteiger partial charge in [-0.25, -0.2) is 18.3 Å². The molecule has 168 valence electrons. The summed E-state index contributed by atoms with van der Waals surface area (Å²) < 4.78 is 35.1.